The first-order valence-corrected chi connectivity index (χ1v) is 11.7. The lowest BCUT2D eigenvalue weighted by Gasteiger charge is -2.22. The Bertz CT molecular complexity index is 1250. The summed E-state index contributed by atoms with van der Waals surface area (Å²) in [6.45, 7) is 2.02. The van der Waals surface area contributed by atoms with E-state index in [0.29, 0.717) is 13.0 Å². The van der Waals surface area contributed by atoms with Gasteiger partial charge in [-0.3, -0.25) is 9.59 Å². The number of aromatic nitrogens is 1. The van der Waals surface area contributed by atoms with Crippen LogP contribution in [0.5, 0.6) is 0 Å². The van der Waals surface area contributed by atoms with Gasteiger partial charge in [0.1, 0.15) is 6.04 Å². The number of amides is 1. The summed E-state index contributed by atoms with van der Waals surface area (Å²) < 4.78 is 28.3. The molecule has 0 saturated carbocycles. The molecule has 0 aliphatic carbocycles. The monoisotopic (exact) mass is 456 g/mol. The predicted molar refractivity (Wildman–Crippen MR) is 120 cm³/mol. The summed E-state index contributed by atoms with van der Waals surface area (Å²) >= 11 is 0. The minimum absolute atomic E-state index is 0.153. The van der Waals surface area contributed by atoms with Crippen LogP contribution in [0.1, 0.15) is 17.5 Å². The Morgan fingerprint density at radius 3 is 2.75 bits per heavy atom. The molecule has 1 amide bonds. The lowest BCUT2D eigenvalue weighted by atomic mass is 10.0. The zero-order valence-electron chi connectivity index (χ0n) is 17.2. The van der Waals surface area contributed by atoms with Crippen LogP contribution in [0.25, 0.3) is 10.9 Å². The lowest BCUT2D eigenvalue weighted by molar-refractivity contribution is -0.123. The van der Waals surface area contributed by atoms with Gasteiger partial charge in [-0.25, -0.2) is 8.42 Å². The van der Waals surface area contributed by atoms with E-state index < -0.39 is 16.1 Å². The molecule has 1 saturated heterocycles. The van der Waals surface area contributed by atoms with E-state index in [1.54, 1.807) is 29.3 Å². The SMILES string of the molecule is O=C1[C@@H](NS(=O)(=O)c2ccc3cc[nH]c3c2)CCN1c1ccc2c(c1)CCNC2.O=CO. The zero-order valence-corrected chi connectivity index (χ0v) is 18.1. The molecule has 2 aromatic carbocycles. The number of sulfonamides is 1. The molecule has 1 fully saturated rings. The average molecular weight is 457 g/mol. The summed E-state index contributed by atoms with van der Waals surface area (Å²) in [5.74, 6) is -0.205. The number of benzene rings is 2. The van der Waals surface area contributed by atoms with Gasteiger partial charge in [-0.1, -0.05) is 12.1 Å². The van der Waals surface area contributed by atoms with Crippen LogP contribution in [0.4, 0.5) is 5.69 Å². The third-order valence-corrected chi connectivity index (χ3v) is 7.20. The molecule has 1 atom stereocenters. The van der Waals surface area contributed by atoms with Crippen LogP contribution in [-0.2, 0) is 32.6 Å². The van der Waals surface area contributed by atoms with E-state index in [9.17, 15) is 13.2 Å². The Hall–Kier alpha value is -3.21. The standard InChI is InChI=1S/C21H22N4O3S.CH2O2/c26-21-19(24-29(27,28)18-4-2-14-6-9-23-20(14)12-18)7-10-25(21)17-3-1-16-13-22-8-5-15(16)11-17;2-1-3/h1-4,6,9,11-12,19,22-24H,5,7-8,10,13H2;1H,(H,2,3)/t19-;/m0./s1. The van der Waals surface area contributed by atoms with Gasteiger partial charge in [-0.2, -0.15) is 4.72 Å². The molecule has 10 heteroatoms. The molecule has 1 aromatic heterocycles. The van der Waals surface area contributed by atoms with Crippen molar-refractivity contribution >= 4 is 39.0 Å². The maximum atomic E-state index is 12.9. The number of rotatable bonds is 4. The van der Waals surface area contributed by atoms with E-state index in [-0.39, 0.29) is 17.3 Å². The molecular formula is C22H24N4O5S. The minimum Gasteiger partial charge on any atom is -0.483 e. The Labute approximate surface area is 185 Å². The van der Waals surface area contributed by atoms with Gasteiger partial charge in [-0.15, -0.1) is 0 Å². The number of aromatic amines is 1. The van der Waals surface area contributed by atoms with Crippen molar-refractivity contribution < 1.29 is 23.1 Å². The molecule has 2 aliphatic heterocycles. The van der Waals surface area contributed by atoms with Crippen LogP contribution in [0.2, 0.25) is 0 Å². The number of nitrogens with one attached hydrogen (secondary N) is 3. The number of carbonyl (C=O) groups excluding carboxylic acids is 1. The normalized spacial score (nSPS) is 18.2. The molecule has 3 heterocycles. The number of fused-ring (bicyclic) bond motifs is 2. The highest BCUT2D eigenvalue weighted by molar-refractivity contribution is 7.89. The molecule has 5 rings (SSSR count). The Morgan fingerprint density at radius 1 is 1.12 bits per heavy atom. The molecule has 0 radical (unpaired) electrons. The zero-order chi connectivity index (χ0) is 22.7. The smallest absolute Gasteiger partial charge is 0.290 e. The average Bonchev–Trinajstić information content (AvgIpc) is 3.40. The molecule has 3 aromatic rings. The van der Waals surface area contributed by atoms with Gasteiger partial charge in [0.05, 0.1) is 4.90 Å². The van der Waals surface area contributed by atoms with Crippen molar-refractivity contribution in [3.63, 3.8) is 0 Å². The van der Waals surface area contributed by atoms with Gasteiger partial charge in [0.25, 0.3) is 6.47 Å². The van der Waals surface area contributed by atoms with Crippen molar-refractivity contribution in [2.75, 3.05) is 18.0 Å². The van der Waals surface area contributed by atoms with Gasteiger partial charge in [-0.05, 0) is 66.2 Å². The van der Waals surface area contributed by atoms with Crippen molar-refractivity contribution in [1.82, 2.24) is 15.0 Å². The first-order valence-electron chi connectivity index (χ1n) is 10.2. The highest BCUT2D eigenvalue weighted by atomic mass is 32.2. The van der Waals surface area contributed by atoms with Gasteiger partial charge < -0.3 is 20.3 Å². The van der Waals surface area contributed by atoms with Crippen LogP contribution in [0, 0.1) is 0 Å². The number of nitrogens with zero attached hydrogens (tertiary/aromatic N) is 1. The second-order valence-corrected chi connectivity index (χ2v) is 9.38. The summed E-state index contributed by atoms with van der Waals surface area (Å²) in [4.78, 5) is 26.1. The fraction of sp³-hybridized carbons (Fsp3) is 0.273. The van der Waals surface area contributed by atoms with Crippen LogP contribution < -0.4 is 14.9 Å². The summed E-state index contributed by atoms with van der Waals surface area (Å²) in [6, 6.07) is 12.1. The van der Waals surface area contributed by atoms with E-state index in [4.69, 9.17) is 9.90 Å². The van der Waals surface area contributed by atoms with Gasteiger partial charge in [0.2, 0.25) is 15.9 Å². The maximum absolute atomic E-state index is 12.9. The second kappa shape index (κ2) is 9.11. The van der Waals surface area contributed by atoms with Crippen molar-refractivity contribution in [1.29, 1.82) is 0 Å². The molecule has 9 nitrogen and oxygen atoms in total. The molecule has 2 aliphatic rings. The van der Waals surface area contributed by atoms with Gasteiger partial charge in [0.15, 0.2) is 0 Å². The van der Waals surface area contributed by atoms with Crippen LogP contribution in [0.3, 0.4) is 0 Å². The second-order valence-electron chi connectivity index (χ2n) is 7.66. The topological polar surface area (TPSA) is 132 Å². The van der Waals surface area contributed by atoms with E-state index in [2.05, 4.69) is 21.1 Å². The Morgan fingerprint density at radius 2 is 1.94 bits per heavy atom. The predicted octanol–water partition coefficient (Wildman–Crippen LogP) is 1.60. The van der Waals surface area contributed by atoms with E-state index >= 15 is 0 Å². The van der Waals surface area contributed by atoms with E-state index in [0.717, 1.165) is 36.1 Å². The number of H-pyrrole nitrogens is 1. The van der Waals surface area contributed by atoms with E-state index in [1.807, 2.05) is 18.2 Å². The Kier molecular flexibility index (Phi) is 6.26. The van der Waals surface area contributed by atoms with Gasteiger partial charge in [0, 0.05) is 30.5 Å². The molecule has 0 spiro atoms. The molecule has 168 valence electrons. The quantitative estimate of drug-likeness (QED) is 0.441. The third-order valence-electron chi connectivity index (χ3n) is 5.73. The summed E-state index contributed by atoms with van der Waals surface area (Å²) in [5, 5.41) is 11.2. The number of hydrogen-bond acceptors (Lipinski definition) is 5. The van der Waals surface area contributed by atoms with Crippen LogP contribution in [-0.4, -0.2) is 50.0 Å². The fourth-order valence-electron chi connectivity index (χ4n) is 4.13. The van der Waals surface area contributed by atoms with Crippen molar-refractivity contribution in [3.05, 3.63) is 59.8 Å². The fourth-order valence-corrected chi connectivity index (χ4v) is 5.38. The first kappa shape index (κ1) is 22.0. The molecule has 32 heavy (non-hydrogen) atoms. The van der Waals surface area contributed by atoms with Crippen LogP contribution >= 0.6 is 0 Å². The summed E-state index contributed by atoms with van der Waals surface area (Å²) in [5.41, 5.74) is 4.09. The first-order chi connectivity index (χ1) is 15.4. The highest BCUT2D eigenvalue weighted by Crippen LogP contribution is 2.27. The summed E-state index contributed by atoms with van der Waals surface area (Å²) in [6.07, 6.45) is 3.14. The molecule has 0 bridgehead atoms. The number of carboxylic acid groups (broad SMARTS) is 1. The van der Waals surface area contributed by atoms with Crippen LogP contribution in [0.15, 0.2) is 53.6 Å². The number of hydrogen-bond donors (Lipinski definition) is 4. The number of carbonyl (C=O) groups is 2. The number of anilines is 1. The third kappa shape index (κ3) is 4.38. The van der Waals surface area contributed by atoms with Gasteiger partial charge >= 0.3 is 0 Å². The van der Waals surface area contributed by atoms with Crippen molar-refractivity contribution in [2.24, 2.45) is 0 Å². The van der Waals surface area contributed by atoms with E-state index in [1.165, 1.54) is 11.1 Å². The lowest BCUT2D eigenvalue weighted by Crippen LogP contribution is -2.41. The molecular weight excluding hydrogens is 432 g/mol. The molecule has 0 unspecified atom stereocenters. The maximum Gasteiger partial charge on any atom is 0.290 e. The largest absolute Gasteiger partial charge is 0.483 e. The Balaban J connectivity index is 0.000000775. The minimum atomic E-state index is -3.79. The molecule has 4 N–H and O–H groups in total. The van der Waals surface area contributed by atoms with Crippen molar-refractivity contribution in [3.8, 4) is 0 Å². The highest BCUT2D eigenvalue weighted by Gasteiger charge is 2.36. The summed E-state index contributed by atoms with van der Waals surface area (Å²) in [7, 11) is -3.79. The van der Waals surface area contributed by atoms with Crippen molar-refractivity contribution in [2.45, 2.75) is 30.3 Å².